The first-order valence-corrected chi connectivity index (χ1v) is 9.82. The van der Waals surface area contributed by atoms with E-state index in [-0.39, 0.29) is 28.3 Å². The first kappa shape index (κ1) is 17.8. The number of hydrogen-bond acceptors (Lipinski definition) is 4. The largest absolute Gasteiger partial charge is 0.337 e. The van der Waals surface area contributed by atoms with Crippen molar-refractivity contribution >= 4 is 27.0 Å². The van der Waals surface area contributed by atoms with Crippen LogP contribution in [0.3, 0.4) is 0 Å². The number of nitrogens with zero attached hydrogens (tertiary/aromatic N) is 1. The van der Waals surface area contributed by atoms with E-state index in [1.165, 1.54) is 18.2 Å². The number of hydrogen-bond donors (Lipinski definition) is 2. The molecule has 25 heavy (non-hydrogen) atoms. The molecule has 2 aromatic rings. The van der Waals surface area contributed by atoms with Gasteiger partial charge < -0.3 is 4.98 Å². The van der Waals surface area contributed by atoms with Crippen LogP contribution >= 0.6 is 0 Å². The lowest BCUT2D eigenvalue weighted by molar-refractivity contribution is 0.0981. The monoisotopic (exact) mass is 371 g/mol. The molecule has 0 spiro atoms. The summed E-state index contributed by atoms with van der Waals surface area (Å²) in [6.07, 6.45) is 2.10. The number of sulfonamides is 1. The van der Waals surface area contributed by atoms with Crippen LogP contribution in [0.5, 0.6) is 0 Å². The van der Waals surface area contributed by atoms with Crippen LogP contribution in [-0.4, -0.2) is 30.0 Å². The van der Waals surface area contributed by atoms with E-state index in [4.69, 9.17) is 0 Å². The highest BCUT2D eigenvalue weighted by atomic mass is 32.2. The number of carbonyl (C=O) groups excluding carboxylic acids is 1. The van der Waals surface area contributed by atoms with Crippen LogP contribution in [0.1, 0.15) is 54.7 Å². The van der Waals surface area contributed by atoms with Crippen molar-refractivity contribution < 1.29 is 22.0 Å². The summed E-state index contributed by atoms with van der Waals surface area (Å²) in [5.41, 5.74) is 0.619. The maximum absolute atomic E-state index is 12.7. The molecule has 1 heterocycles. The van der Waals surface area contributed by atoms with Gasteiger partial charge in [-0.2, -0.15) is 0 Å². The van der Waals surface area contributed by atoms with Gasteiger partial charge in [-0.15, -0.1) is 0 Å². The minimum absolute atomic E-state index is 0.0689. The van der Waals surface area contributed by atoms with Crippen LogP contribution in [0.4, 0.5) is 8.78 Å². The number of fused-ring (bicyclic) bond motifs is 1. The smallest absolute Gasteiger partial charge is 0.295 e. The lowest BCUT2D eigenvalue weighted by Gasteiger charge is -2.21. The molecular weight excluding hydrogens is 352 g/mol. The van der Waals surface area contributed by atoms with Gasteiger partial charge in [0, 0.05) is 5.56 Å². The molecule has 1 fully saturated rings. The molecule has 1 amide bonds. The number of carbonyl (C=O) groups is 1. The van der Waals surface area contributed by atoms with Crippen LogP contribution in [0.15, 0.2) is 18.2 Å². The minimum atomic E-state index is -3.74. The Hall–Kier alpha value is -2.03. The number of rotatable bonds is 5. The second-order valence-corrected chi connectivity index (χ2v) is 8.14. The molecular formula is C16H19F2N3O3S. The standard InChI is InChI=1S/C16H19F2N3O3S/c17-14(18)15-19-12-7-6-11(8-13(12)20-15)16(22)21-25(23,24)9-10-4-2-1-3-5-10/h6-8,10,14H,1-5,9H2,(H,19,20)(H,21,22). The van der Waals surface area contributed by atoms with Gasteiger partial charge in [0.2, 0.25) is 10.0 Å². The van der Waals surface area contributed by atoms with Gasteiger partial charge in [-0.3, -0.25) is 4.79 Å². The molecule has 0 aliphatic heterocycles. The van der Waals surface area contributed by atoms with Gasteiger partial charge in [0.15, 0.2) is 5.82 Å². The Kier molecular flexibility index (Phi) is 5.03. The van der Waals surface area contributed by atoms with E-state index in [2.05, 4.69) is 14.7 Å². The van der Waals surface area contributed by atoms with Crippen molar-refractivity contribution in [3.8, 4) is 0 Å². The first-order valence-electron chi connectivity index (χ1n) is 8.17. The van der Waals surface area contributed by atoms with Crippen molar-refractivity contribution in [1.82, 2.24) is 14.7 Å². The summed E-state index contributed by atoms with van der Waals surface area (Å²) in [6, 6.07) is 4.09. The second-order valence-electron chi connectivity index (χ2n) is 6.37. The Morgan fingerprint density at radius 2 is 2.00 bits per heavy atom. The SMILES string of the molecule is O=C(NS(=O)(=O)CC1CCCCC1)c1ccc2nc(C(F)F)[nH]c2c1. The van der Waals surface area contributed by atoms with Crippen LogP contribution in [0, 0.1) is 5.92 Å². The average molecular weight is 371 g/mol. The normalized spacial score (nSPS) is 16.4. The number of benzene rings is 1. The summed E-state index contributed by atoms with van der Waals surface area (Å²) < 4.78 is 51.8. The third-order valence-corrected chi connectivity index (χ3v) is 5.80. The minimum Gasteiger partial charge on any atom is -0.337 e. The number of aromatic nitrogens is 2. The molecule has 1 saturated carbocycles. The van der Waals surface area contributed by atoms with Crippen molar-refractivity contribution in [3.05, 3.63) is 29.6 Å². The second kappa shape index (κ2) is 7.07. The Morgan fingerprint density at radius 1 is 1.28 bits per heavy atom. The number of aromatic amines is 1. The van der Waals surface area contributed by atoms with E-state index in [0.29, 0.717) is 0 Å². The summed E-state index contributed by atoms with van der Waals surface area (Å²) in [5, 5.41) is 0. The summed E-state index contributed by atoms with van der Waals surface area (Å²) in [5.74, 6) is -1.26. The highest BCUT2D eigenvalue weighted by Gasteiger charge is 2.23. The fraction of sp³-hybridized carbons (Fsp3) is 0.500. The lowest BCUT2D eigenvalue weighted by atomic mass is 9.91. The van der Waals surface area contributed by atoms with Crippen molar-refractivity contribution in [2.24, 2.45) is 5.92 Å². The van der Waals surface area contributed by atoms with Crippen LogP contribution in [0.25, 0.3) is 11.0 Å². The van der Waals surface area contributed by atoms with E-state index in [1.807, 2.05) is 0 Å². The summed E-state index contributed by atoms with van der Waals surface area (Å²) in [7, 11) is -3.74. The number of alkyl halides is 2. The predicted octanol–water partition coefficient (Wildman–Crippen LogP) is 3.14. The van der Waals surface area contributed by atoms with Crippen molar-refractivity contribution in [2.75, 3.05) is 5.75 Å². The molecule has 0 atom stereocenters. The van der Waals surface area contributed by atoms with Gasteiger partial charge in [-0.1, -0.05) is 19.3 Å². The molecule has 136 valence electrons. The highest BCUT2D eigenvalue weighted by molar-refractivity contribution is 7.90. The number of nitrogens with one attached hydrogen (secondary N) is 2. The molecule has 1 aromatic carbocycles. The summed E-state index contributed by atoms with van der Waals surface area (Å²) in [6.45, 7) is 0. The molecule has 1 aromatic heterocycles. The Bertz CT molecular complexity index is 874. The van der Waals surface area contributed by atoms with Gasteiger partial charge in [0.25, 0.3) is 12.3 Å². The zero-order valence-electron chi connectivity index (χ0n) is 13.5. The van der Waals surface area contributed by atoms with E-state index < -0.39 is 28.2 Å². The Balaban J connectivity index is 1.72. The fourth-order valence-electron chi connectivity index (χ4n) is 3.18. The molecule has 3 rings (SSSR count). The van der Waals surface area contributed by atoms with Crippen LogP contribution in [0.2, 0.25) is 0 Å². The van der Waals surface area contributed by atoms with E-state index in [1.54, 1.807) is 0 Å². The zero-order chi connectivity index (χ0) is 18.0. The van der Waals surface area contributed by atoms with Crippen molar-refractivity contribution in [2.45, 2.75) is 38.5 Å². The summed E-state index contributed by atoms with van der Waals surface area (Å²) >= 11 is 0. The molecule has 9 heteroatoms. The molecule has 0 saturated heterocycles. The molecule has 2 N–H and O–H groups in total. The Morgan fingerprint density at radius 3 is 2.68 bits per heavy atom. The number of halogens is 2. The number of imidazole rings is 1. The van der Waals surface area contributed by atoms with E-state index >= 15 is 0 Å². The maximum Gasteiger partial charge on any atom is 0.295 e. The zero-order valence-corrected chi connectivity index (χ0v) is 14.3. The maximum atomic E-state index is 12.7. The third kappa shape index (κ3) is 4.33. The van der Waals surface area contributed by atoms with E-state index in [0.717, 1.165) is 32.1 Å². The molecule has 1 aliphatic rings. The first-order chi connectivity index (χ1) is 11.8. The van der Waals surface area contributed by atoms with E-state index in [9.17, 15) is 22.0 Å². The highest BCUT2D eigenvalue weighted by Crippen LogP contribution is 2.25. The molecule has 1 aliphatic carbocycles. The average Bonchev–Trinajstić information content (AvgIpc) is 2.98. The van der Waals surface area contributed by atoms with Gasteiger partial charge in [-0.05, 0) is 37.0 Å². The van der Waals surface area contributed by atoms with Gasteiger partial charge in [-0.25, -0.2) is 26.9 Å². The summed E-state index contributed by atoms with van der Waals surface area (Å²) in [4.78, 5) is 18.4. The fourth-order valence-corrected chi connectivity index (χ4v) is 4.62. The van der Waals surface area contributed by atoms with Crippen molar-refractivity contribution in [3.63, 3.8) is 0 Å². The number of amides is 1. The topological polar surface area (TPSA) is 91.9 Å². The van der Waals surface area contributed by atoms with Crippen LogP contribution in [-0.2, 0) is 10.0 Å². The third-order valence-electron chi connectivity index (χ3n) is 4.40. The van der Waals surface area contributed by atoms with Crippen LogP contribution < -0.4 is 4.72 Å². The molecule has 6 nitrogen and oxygen atoms in total. The van der Waals surface area contributed by atoms with Gasteiger partial charge >= 0.3 is 0 Å². The molecule has 0 unspecified atom stereocenters. The predicted molar refractivity (Wildman–Crippen MR) is 88.9 cm³/mol. The number of H-pyrrole nitrogens is 1. The van der Waals surface area contributed by atoms with Gasteiger partial charge in [0.1, 0.15) is 0 Å². The molecule has 0 bridgehead atoms. The quantitative estimate of drug-likeness (QED) is 0.845. The van der Waals surface area contributed by atoms with Gasteiger partial charge in [0.05, 0.1) is 16.8 Å². The van der Waals surface area contributed by atoms with Crippen molar-refractivity contribution in [1.29, 1.82) is 0 Å². The lowest BCUT2D eigenvalue weighted by Crippen LogP contribution is -2.35. The Labute approximate surface area is 144 Å². The molecule has 0 radical (unpaired) electrons.